The number of aromatic nitrogens is 2. The summed E-state index contributed by atoms with van der Waals surface area (Å²) >= 11 is 0. The fourth-order valence-electron chi connectivity index (χ4n) is 2.92. The zero-order chi connectivity index (χ0) is 21.2. The molecule has 0 saturated carbocycles. The van der Waals surface area contributed by atoms with Crippen LogP contribution in [0.3, 0.4) is 0 Å². The maximum absolute atomic E-state index is 12.0. The summed E-state index contributed by atoms with van der Waals surface area (Å²) < 4.78 is 7.22. The van der Waals surface area contributed by atoms with Gasteiger partial charge in [-0.3, -0.25) is 4.79 Å². The van der Waals surface area contributed by atoms with E-state index in [0.717, 1.165) is 24.1 Å². The third kappa shape index (κ3) is 7.51. The van der Waals surface area contributed by atoms with E-state index in [1.807, 2.05) is 25.2 Å². The van der Waals surface area contributed by atoms with Gasteiger partial charge in [0.25, 0.3) is 0 Å². The highest BCUT2D eigenvalue weighted by Gasteiger charge is 2.15. The van der Waals surface area contributed by atoms with Crippen molar-refractivity contribution in [2.45, 2.75) is 26.3 Å². The van der Waals surface area contributed by atoms with E-state index in [4.69, 9.17) is 4.74 Å². The van der Waals surface area contributed by atoms with Crippen molar-refractivity contribution in [3.63, 3.8) is 0 Å². The second kappa shape index (κ2) is 13.1. The fourth-order valence-corrected chi connectivity index (χ4v) is 2.92. The van der Waals surface area contributed by atoms with Gasteiger partial charge in [-0.25, -0.2) is 9.67 Å². The standard InChI is InChI=1S/C21H32N6O2.HI/c1-6-18-17(20(29-5)27(4)25-18)14-23-21(24-15-19(28)26(2)3)22-13-12-16-10-8-7-9-11-16;/h7-11H,6,12-15H2,1-5H3,(H2,22,23,24);1H. The van der Waals surface area contributed by atoms with Crippen LogP contribution in [-0.4, -0.2) is 60.8 Å². The molecule has 2 N–H and O–H groups in total. The zero-order valence-corrected chi connectivity index (χ0v) is 20.8. The van der Waals surface area contributed by atoms with E-state index in [-0.39, 0.29) is 36.4 Å². The molecule has 0 fully saturated rings. The smallest absolute Gasteiger partial charge is 0.241 e. The molecule has 0 spiro atoms. The minimum absolute atomic E-state index is 0. The summed E-state index contributed by atoms with van der Waals surface area (Å²) in [6, 6.07) is 10.2. The van der Waals surface area contributed by atoms with Gasteiger partial charge in [0.15, 0.2) is 5.96 Å². The lowest BCUT2D eigenvalue weighted by Gasteiger charge is -2.15. The van der Waals surface area contributed by atoms with Crippen LogP contribution in [0.1, 0.15) is 23.7 Å². The third-order valence-corrected chi connectivity index (χ3v) is 4.55. The molecule has 1 heterocycles. The van der Waals surface area contributed by atoms with Crippen molar-refractivity contribution < 1.29 is 9.53 Å². The van der Waals surface area contributed by atoms with E-state index in [2.05, 4.69) is 39.8 Å². The summed E-state index contributed by atoms with van der Waals surface area (Å²) in [5.41, 5.74) is 3.16. The Morgan fingerprint density at radius 1 is 1.23 bits per heavy atom. The highest BCUT2D eigenvalue weighted by molar-refractivity contribution is 14.0. The Hall–Kier alpha value is -2.30. The Labute approximate surface area is 196 Å². The van der Waals surface area contributed by atoms with Gasteiger partial charge in [0.1, 0.15) is 0 Å². The Morgan fingerprint density at radius 2 is 1.93 bits per heavy atom. The minimum atomic E-state index is -0.0178. The topological polar surface area (TPSA) is 83.8 Å². The van der Waals surface area contributed by atoms with Crippen LogP contribution in [0.4, 0.5) is 0 Å². The van der Waals surface area contributed by atoms with Crippen LogP contribution in [0.15, 0.2) is 35.3 Å². The summed E-state index contributed by atoms with van der Waals surface area (Å²) in [6.45, 7) is 3.35. The Kier molecular flexibility index (Phi) is 11.2. The van der Waals surface area contributed by atoms with Gasteiger partial charge in [0.05, 0.1) is 31.5 Å². The molecule has 0 aliphatic rings. The molecule has 0 saturated heterocycles. The van der Waals surface area contributed by atoms with Crippen molar-refractivity contribution >= 4 is 35.8 Å². The Morgan fingerprint density at radius 3 is 2.53 bits per heavy atom. The van der Waals surface area contributed by atoms with E-state index in [1.165, 1.54) is 5.56 Å². The predicted octanol–water partition coefficient (Wildman–Crippen LogP) is 1.98. The molecular weight excluding hydrogens is 495 g/mol. The number of halogens is 1. The number of aryl methyl sites for hydroxylation is 2. The number of likely N-dealkylation sites (N-methyl/N-ethyl adjacent to an activating group) is 1. The summed E-state index contributed by atoms with van der Waals surface area (Å²) in [6.07, 6.45) is 1.66. The second-order valence-corrected chi connectivity index (χ2v) is 6.88. The minimum Gasteiger partial charge on any atom is -0.481 e. The molecule has 0 atom stereocenters. The number of guanidine groups is 1. The van der Waals surface area contributed by atoms with Crippen molar-refractivity contribution in [1.82, 2.24) is 25.3 Å². The SMILES string of the molecule is CCc1nn(C)c(OC)c1CN=C(NCCc1ccccc1)NCC(=O)N(C)C.I. The van der Waals surface area contributed by atoms with Gasteiger partial charge in [-0.15, -0.1) is 24.0 Å². The monoisotopic (exact) mass is 528 g/mol. The van der Waals surface area contributed by atoms with Gasteiger partial charge in [-0.2, -0.15) is 5.10 Å². The van der Waals surface area contributed by atoms with Crippen molar-refractivity contribution in [2.75, 3.05) is 34.3 Å². The number of ether oxygens (including phenoxy) is 1. The number of hydrogen-bond acceptors (Lipinski definition) is 4. The average Bonchev–Trinajstić information content (AvgIpc) is 3.04. The van der Waals surface area contributed by atoms with Gasteiger partial charge in [-0.1, -0.05) is 37.3 Å². The van der Waals surface area contributed by atoms with Crippen LogP contribution in [0, 0.1) is 0 Å². The first-order valence-corrected chi connectivity index (χ1v) is 9.81. The number of carbonyl (C=O) groups excluding carboxylic acids is 1. The first kappa shape index (κ1) is 25.7. The summed E-state index contributed by atoms with van der Waals surface area (Å²) in [5.74, 6) is 1.28. The Balaban J connectivity index is 0.00000450. The van der Waals surface area contributed by atoms with E-state index in [9.17, 15) is 4.79 Å². The van der Waals surface area contributed by atoms with Gasteiger partial charge < -0.3 is 20.3 Å². The maximum Gasteiger partial charge on any atom is 0.241 e. The van der Waals surface area contributed by atoms with Crippen LogP contribution in [-0.2, 0) is 31.2 Å². The summed E-state index contributed by atoms with van der Waals surface area (Å²) in [5, 5.41) is 10.9. The first-order valence-electron chi connectivity index (χ1n) is 9.81. The highest BCUT2D eigenvalue weighted by atomic mass is 127. The molecule has 0 aliphatic carbocycles. The number of amides is 1. The van der Waals surface area contributed by atoms with Crippen LogP contribution in [0.5, 0.6) is 5.88 Å². The van der Waals surface area contributed by atoms with Crippen molar-refractivity contribution in [2.24, 2.45) is 12.0 Å². The van der Waals surface area contributed by atoms with E-state index in [1.54, 1.807) is 30.8 Å². The molecule has 1 amide bonds. The number of methoxy groups -OCH3 is 1. The van der Waals surface area contributed by atoms with Gasteiger partial charge in [0.2, 0.25) is 11.8 Å². The lowest BCUT2D eigenvalue weighted by atomic mass is 10.1. The number of rotatable bonds is 9. The molecule has 0 unspecified atom stereocenters. The normalized spacial score (nSPS) is 10.9. The molecule has 2 aromatic rings. The molecule has 8 nitrogen and oxygen atoms in total. The van der Waals surface area contributed by atoms with E-state index >= 15 is 0 Å². The van der Waals surface area contributed by atoms with E-state index < -0.39 is 0 Å². The van der Waals surface area contributed by atoms with Crippen molar-refractivity contribution in [3.8, 4) is 5.88 Å². The van der Waals surface area contributed by atoms with Crippen LogP contribution in [0.2, 0.25) is 0 Å². The molecule has 0 bridgehead atoms. The van der Waals surface area contributed by atoms with Crippen LogP contribution < -0.4 is 15.4 Å². The molecule has 30 heavy (non-hydrogen) atoms. The van der Waals surface area contributed by atoms with Crippen LogP contribution >= 0.6 is 24.0 Å². The molecule has 1 aromatic carbocycles. The molecule has 166 valence electrons. The Bertz CT molecular complexity index is 820. The lowest BCUT2D eigenvalue weighted by Crippen LogP contribution is -2.43. The quantitative estimate of drug-likeness (QED) is 0.296. The molecular formula is C21H33IN6O2. The third-order valence-electron chi connectivity index (χ3n) is 4.55. The number of carbonyl (C=O) groups is 1. The molecule has 2 rings (SSSR count). The summed E-state index contributed by atoms with van der Waals surface area (Å²) in [4.78, 5) is 18.2. The van der Waals surface area contributed by atoms with E-state index in [0.29, 0.717) is 24.9 Å². The molecule has 1 aromatic heterocycles. The summed E-state index contributed by atoms with van der Waals surface area (Å²) in [7, 11) is 6.96. The van der Waals surface area contributed by atoms with Gasteiger partial charge in [-0.05, 0) is 18.4 Å². The van der Waals surface area contributed by atoms with Gasteiger partial charge in [0, 0.05) is 27.7 Å². The first-order chi connectivity index (χ1) is 14.0. The number of aliphatic imine (C=N–C) groups is 1. The highest BCUT2D eigenvalue weighted by Crippen LogP contribution is 2.22. The molecule has 9 heteroatoms. The average molecular weight is 528 g/mol. The lowest BCUT2D eigenvalue weighted by molar-refractivity contribution is -0.127. The number of nitrogens with one attached hydrogen (secondary N) is 2. The number of benzene rings is 1. The number of nitrogens with zero attached hydrogens (tertiary/aromatic N) is 4. The largest absolute Gasteiger partial charge is 0.481 e. The fraction of sp³-hybridized carbons (Fsp3) is 0.476. The molecule has 0 aliphatic heterocycles. The maximum atomic E-state index is 12.0. The van der Waals surface area contributed by atoms with Crippen LogP contribution in [0.25, 0.3) is 0 Å². The van der Waals surface area contributed by atoms with Crippen molar-refractivity contribution in [3.05, 3.63) is 47.2 Å². The van der Waals surface area contributed by atoms with Gasteiger partial charge >= 0.3 is 0 Å². The van der Waals surface area contributed by atoms with Crippen molar-refractivity contribution in [1.29, 1.82) is 0 Å². The second-order valence-electron chi connectivity index (χ2n) is 6.88. The number of hydrogen-bond donors (Lipinski definition) is 2. The zero-order valence-electron chi connectivity index (χ0n) is 18.4. The predicted molar refractivity (Wildman–Crippen MR) is 131 cm³/mol. The molecule has 0 radical (unpaired) electrons.